The molecule has 8 rings (SSSR count). The Bertz CT molecular complexity index is 3350. The zero-order chi connectivity index (χ0) is 42.8. The molecule has 8 aromatic carbocycles. The third kappa shape index (κ3) is 2.82. The summed E-state index contributed by atoms with van der Waals surface area (Å²) in [6.45, 7) is 0. The first-order valence-corrected chi connectivity index (χ1v) is 10.8. The average Bonchev–Trinajstić information content (AvgIpc) is 3.18. The third-order valence-electron chi connectivity index (χ3n) is 6.00. The summed E-state index contributed by atoms with van der Waals surface area (Å²) in [5.41, 5.74) is -1.25. The van der Waals surface area contributed by atoms with E-state index < -0.39 is 209 Å². The van der Waals surface area contributed by atoms with Crippen LogP contribution in [0.3, 0.4) is 0 Å². The first-order valence-electron chi connectivity index (χ1n) is 21.8. The molecule has 0 N–H and O–H groups in total. The summed E-state index contributed by atoms with van der Waals surface area (Å²) >= 11 is 0. The molecule has 166 valence electrons. The van der Waals surface area contributed by atoms with Gasteiger partial charge in [-0.2, -0.15) is 0 Å². The van der Waals surface area contributed by atoms with Crippen molar-refractivity contribution in [1.29, 1.82) is 0 Å². The second-order valence-corrected chi connectivity index (χ2v) is 8.00. The summed E-state index contributed by atoms with van der Waals surface area (Å²) < 4.78 is 194. The van der Waals surface area contributed by atoms with Gasteiger partial charge >= 0.3 is 0 Å². The van der Waals surface area contributed by atoms with E-state index >= 15 is 0 Å². The molecule has 0 spiro atoms. The molecule has 0 fully saturated rings. The van der Waals surface area contributed by atoms with E-state index in [9.17, 15) is 9.60 Å². The monoisotopic (exact) mass is 476 g/mol. The van der Waals surface area contributed by atoms with E-state index in [0.717, 1.165) is 0 Å². The van der Waals surface area contributed by atoms with Gasteiger partial charge in [-0.05, 0) is 99.9 Å². The van der Waals surface area contributed by atoms with E-state index in [1.807, 2.05) is 0 Å². The van der Waals surface area contributed by atoms with Gasteiger partial charge in [0.15, 0.2) is 0 Å². The van der Waals surface area contributed by atoms with Crippen LogP contribution in [0.1, 0.15) is 30.2 Å². The van der Waals surface area contributed by atoms with E-state index in [0.29, 0.717) is 0 Å². The van der Waals surface area contributed by atoms with Crippen LogP contribution in [0.25, 0.3) is 75.8 Å². The largest absolute Gasteiger partial charge is 0.0636 e. The third-order valence-corrected chi connectivity index (χ3v) is 6.00. The standard InChI is InChI=1S/C36H22/c1-4-10-30-23(7-1)13-15-27-19-29-20-28(16-14-25(29)21-34(27)30)36-32-12-6-3-9-26(32)22-35-31-11-5-2-8-24(31)17-18-33(35)36/h1-22H/i1D,2D,3D,4D,5D,6D,7D,8D,9D,10D,11D,12D,13D,14D,15D,16D,17D,18D,19D,20D,21D,22D. The summed E-state index contributed by atoms with van der Waals surface area (Å²) in [7, 11) is 0. The van der Waals surface area contributed by atoms with Gasteiger partial charge in [0.1, 0.15) is 0 Å². The molecule has 0 heteroatoms. The van der Waals surface area contributed by atoms with Gasteiger partial charge < -0.3 is 0 Å². The normalized spacial score (nSPS) is 20.4. The van der Waals surface area contributed by atoms with Gasteiger partial charge in [-0.25, -0.2) is 0 Å². The molecule has 0 bridgehead atoms. The average molecular weight is 477 g/mol. The Morgan fingerprint density at radius 1 is 0.306 bits per heavy atom. The maximum Gasteiger partial charge on any atom is 0.0636 e. The smallest absolute Gasteiger partial charge is 0.0616 e. The van der Waals surface area contributed by atoms with Crippen LogP contribution in [0.2, 0.25) is 0 Å². The lowest BCUT2D eigenvalue weighted by Gasteiger charge is -2.15. The second-order valence-electron chi connectivity index (χ2n) is 8.00. The predicted molar refractivity (Wildman–Crippen MR) is 157 cm³/mol. The van der Waals surface area contributed by atoms with Gasteiger partial charge in [0.05, 0.1) is 30.2 Å². The Kier molecular flexibility index (Phi) is 1.63. The van der Waals surface area contributed by atoms with Crippen LogP contribution in [-0.2, 0) is 0 Å². The lowest BCUT2D eigenvalue weighted by molar-refractivity contribution is 1.72. The number of benzene rings is 8. The molecule has 0 amide bonds. The number of hydrogen-bond donors (Lipinski definition) is 0. The molecule has 0 radical (unpaired) electrons. The van der Waals surface area contributed by atoms with Crippen molar-refractivity contribution in [3.63, 3.8) is 0 Å². The van der Waals surface area contributed by atoms with E-state index in [-0.39, 0.29) is 0 Å². The molecule has 0 aliphatic rings. The minimum Gasteiger partial charge on any atom is -0.0616 e. The van der Waals surface area contributed by atoms with Crippen molar-refractivity contribution >= 4 is 64.6 Å². The fraction of sp³-hybridized carbons (Fsp3) is 0. The van der Waals surface area contributed by atoms with Gasteiger partial charge in [-0.1, -0.05) is 109 Å². The highest BCUT2D eigenvalue weighted by Crippen LogP contribution is 2.40. The highest BCUT2D eigenvalue weighted by molar-refractivity contribution is 6.20. The van der Waals surface area contributed by atoms with E-state index in [4.69, 9.17) is 20.6 Å². The van der Waals surface area contributed by atoms with Gasteiger partial charge in [-0.3, -0.25) is 0 Å². The van der Waals surface area contributed by atoms with Gasteiger partial charge in [0.2, 0.25) is 0 Å². The molecular formula is C36H22. The van der Waals surface area contributed by atoms with E-state index in [1.165, 1.54) is 0 Å². The van der Waals surface area contributed by atoms with Crippen LogP contribution in [0, 0.1) is 0 Å². The van der Waals surface area contributed by atoms with Crippen molar-refractivity contribution in [2.75, 3.05) is 0 Å². The summed E-state index contributed by atoms with van der Waals surface area (Å²) in [4.78, 5) is 0. The molecule has 0 atom stereocenters. The van der Waals surface area contributed by atoms with Crippen LogP contribution in [-0.4, -0.2) is 0 Å². The molecule has 0 unspecified atom stereocenters. The molecular weight excluding hydrogens is 432 g/mol. The van der Waals surface area contributed by atoms with Gasteiger partial charge in [0, 0.05) is 0 Å². The molecule has 0 saturated carbocycles. The fourth-order valence-corrected chi connectivity index (χ4v) is 4.41. The van der Waals surface area contributed by atoms with Crippen molar-refractivity contribution in [2.45, 2.75) is 0 Å². The van der Waals surface area contributed by atoms with Crippen molar-refractivity contribution in [2.24, 2.45) is 0 Å². The Balaban J connectivity index is 1.73. The van der Waals surface area contributed by atoms with Crippen molar-refractivity contribution in [3.8, 4) is 11.1 Å². The topological polar surface area (TPSA) is 0 Å². The Labute approximate surface area is 239 Å². The number of fused-ring (bicyclic) bond motifs is 8. The maximum absolute atomic E-state index is 9.60. The Morgan fingerprint density at radius 3 is 1.67 bits per heavy atom. The fourth-order valence-electron chi connectivity index (χ4n) is 4.41. The van der Waals surface area contributed by atoms with E-state index in [2.05, 4.69) is 0 Å². The molecule has 0 aliphatic heterocycles. The summed E-state index contributed by atoms with van der Waals surface area (Å²) in [5.74, 6) is 0. The molecule has 0 aliphatic carbocycles. The minimum atomic E-state index is -0.909. The van der Waals surface area contributed by atoms with Crippen LogP contribution < -0.4 is 0 Å². The molecule has 36 heavy (non-hydrogen) atoms. The lowest BCUT2D eigenvalue weighted by atomic mass is 9.88. The number of rotatable bonds is 1. The first-order chi connectivity index (χ1) is 27.0. The minimum absolute atomic E-state index is 0.402. The molecule has 8 aromatic rings. The highest BCUT2D eigenvalue weighted by Gasteiger charge is 2.13. The van der Waals surface area contributed by atoms with Crippen LogP contribution in [0.4, 0.5) is 0 Å². The van der Waals surface area contributed by atoms with Crippen molar-refractivity contribution < 1.29 is 30.2 Å². The SMILES string of the molecule is [2H]c1c([2H])c([2H])c2c([2H])c3c(c([2H])c([2H])c4c([2H])c([2H])c([2H])c([2H])c43)c(-c3c([2H])c([2H])c4c([2H])c5c(c([2H])c([2H])c6c([2H])c([2H])c([2H])c([2H])c65)c([2H])c4c3[2H])c2c1[2H]. The van der Waals surface area contributed by atoms with E-state index in [1.54, 1.807) is 0 Å². The van der Waals surface area contributed by atoms with Crippen molar-refractivity contribution in [1.82, 2.24) is 0 Å². The predicted octanol–water partition coefficient (Wildman–Crippen LogP) is 10.3. The van der Waals surface area contributed by atoms with Crippen molar-refractivity contribution in [3.05, 3.63) is 133 Å². The Hall–Kier alpha value is -4.68. The molecule has 0 nitrogen and oxygen atoms in total. The first kappa shape index (κ1) is 7.91. The molecule has 0 aromatic heterocycles. The van der Waals surface area contributed by atoms with Crippen LogP contribution >= 0.6 is 0 Å². The lowest BCUT2D eigenvalue weighted by Crippen LogP contribution is -1.88. The maximum atomic E-state index is 9.60. The Morgan fingerprint density at radius 2 is 0.861 bits per heavy atom. The molecule has 0 heterocycles. The second kappa shape index (κ2) is 7.41. The zero-order valence-electron chi connectivity index (χ0n) is 40.0. The van der Waals surface area contributed by atoms with Crippen LogP contribution in [0.15, 0.2) is 133 Å². The summed E-state index contributed by atoms with van der Waals surface area (Å²) in [6.07, 6.45) is 0. The highest BCUT2D eigenvalue weighted by atomic mass is 14.2. The summed E-state index contributed by atoms with van der Waals surface area (Å²) in [6, 6.07) is -17.2. The molecule has 0 saturated heterocycles. The van der Waals surface area contributed by atoms with Gasteiger partial charge in [0.25, 0.3) is 0 Å². The number of hydrogen-bond acceptors (Lipinski definition) is 0. The zero-order valence-corrected chi connectivity index (χ0v) is 18.0. The van der Waals surface area contributed by atoms with Crippen LogP contribution in [0.5, 0.6) is 0 Å². The van der Waals surface area contributed by atoms with Gasteiger partial charge in [-0.15, -0.1) is 0 Å². The summed E-state index contributed by atoms with van der Waals surface area (Å²) in [5, 5.41) is -5.98. The quantitative estimate of drug-likeness (QED) is 0.163.